The molecule has 1 fully saturated rings. The van der Waals surface area contributed by atoms with Crippen LogP contribution in [0, 0.1) is 0 Å². The van der Waals surface area contributed by atoms with Crippen LogP contribution in [0.5, 0.6) is 0 Å². The number of nitrogens with one attached hydrogen (secondary N) is 2. The Balaban J connectivity index is 2.39. The predicted molar refractivity (Wildman–Crippen MR) is 59.4 cm³/mol. The topological polar surface area (TPSA) is 24.1 Å². The first-order valence-corrected chi connectivity index (χ1v) is 5.61. The lowest BCUT2D eigenvalue weighted by Gasteiger charge is -2.28. The molecule has 94 valence electrons. The molecule has 1 atom stereocenters. The maximum Gasteiger partial charge on any atom is 0.416 e. The minimum atomic E-state index is -4.28. The third kappa shape index (κ3) is 2.30. The van der Waals surface area contributed by atoms with E-state index in [1.807, 2.05) is 6.92 Å². The Kier molecular flexibility index (Phi) is 3.14. The molecular formula is C12H15F3N2. The molecule has 2 rings (SSSR count). The third-order valence-corrected chi connectivity index (χ3v) is 3.32. The van der Waals surface area contributed by atoms with Gasteiger partial charge in [0.05, 0.1) is 11.1 Å². The molecule has 1 aliphatic heterocycles. The van der Waals surface area contributed by atoms with Gasteiger partial charge in [0.1, 0.15) is 0 Å². The van der Waals surface area contributed by atoms with Crippen molar-refractivity contribution in [2.75, 3.05) is 13.2 Å². The molecule has 0 spiro atoms. The summed E-state index contributed by atoms with van der Waals surface area (Å²) in [6, 6.07) is 5.56. The van der Waals surface area contributed by atoms with Gasteiger partial charge in [-0.25, -0.2) is 0 Å². The summed E-state index contributed by atoms with van der Waals surface area (Å²) in [6.45, 7) is 3.26. The fraction of sp³-hybridized carbons (Fsp3) is 0.500. The third-order valence-electron chi connectivity index (χ3n) is 3.32. The van der Waals surface area contributed by atoms with Crippen LogP contribution >= 0.6 is 0 Å². The van der Waals surface area contributed by atoms with Crippen LogP contribution in [-0.2, 0) is 11.7 Å². The van der Waals surface area contributed by atoms with E-state index in [-0.39, 0.29) is 5.54 Å². The monoisotopic (exact) mass is 244 g/mol. The molecule has 0 aromatic heterocycles. The summed E-state index contributed by atoms with van der Waals surface area (Å²) < 4.78 is 37.9. The van der Waals surface area contributed by atoms with E-state index in [2.05, 4.69) is 10.6 Å². The Bertz CT molecular complexity index is 395. The summed E-state index contributed by atoms with van der Waals surface area (Å²) in [5.41, 5.74) is -0.266. The molecular weight excluding hydrogens is 229 g/mol. The number of rotatable bonds is 2. The van der Waals surface area contributed by atoms with E-state index in [0.717, 1.165) is 12.5 Å². The smallest absolute Gasteiger partial charge is 0.302 e. The van der Waals surface area contributed by atoms with E-state index >= 15 is 0 Å². The van der Waals surface area contributed by atoms with Gasteiger partial charge < -0.3 is 5.32 Å². The second kappa shape index (κ2) is 4.31. The molecule has 0 saturated carbocycles. The van der Waals surface area contributed by atoms with Gasteiger partial charge in [-0.05, 0) is 24.1 Å². The van der Waals surface area contributed by atoms with Crippen molar-refractivity contribution in [3.63, 3.8) is 0 Å². The van der Waals surface area contributed by atoms with E-state index in [4.69, 9.17) is 0 Å². The van der Waals surface area contributed by atoms with E-state index in [0.29, 0.717) is 18.8 Å². The van der Waals surface area contributed by atoms with Crippen molar-refractivity contribution in [3.8, 4) is 0 Å². The fourth-order valence-electron chi connectivity index (χ4n) is 2.22. The van der Waals surface area contributed by atoms with Gasteiger partial charge in [-0.2, -0.15) is 13.2 Å². The number of alkyl halides is 3. The molecule has 2 nitrogen and oxygen atoms in total. The SMILES string of the molecule is CCC1(c2cccc(C(F)(F)F)c2)CNCN1. The van der Waals surface area contributed by atoms with Gasteiger partial charge in [0.15, 0.2) is 0 Å². The number of halogens is 3. The molecule has 1 aromatic rings. The summed E-state index contributed by atoms with van der Waals surface area (Å²) in [4.78, 5) is 0. The Morgan fingerprint density at radius 3 is 2.65 bits per heavy atom. The molecule has 5 heteroatoms. The average molecular weight is 244 g/mol. The highest BCUT2D eigenvalue weighted by Crippen LogP contribution is 2.33. The second-order valence-corrected chi connectivity index (χ2v) is 4.29. The van der Waals surface area contributed by atoms with Crippen LogP contribution in [0.25, 0.3) is 0 Å². The molecule has 0 amide bonds. The fourth-order valence-corrected chi connectivity index (χ4v) is 2.22. The normalized spacial score (nSPS) is 25.2. The first kappa shape index (κ1) is 12.4. The van der Waals surface area contributed by atoms with Crippen LogP contribution in [-0.4, -0.2) is 13.2 Å². The molecule has 17 heavy (non-hydrogen) atoms. The maximum atomic E-state index is 12.6. The molecule has 0 radical (unpaired) electrons. The zero-order valence-corrected chi connectivity index (χ0v) is 9.56. The van der Waals surface area contributed by atoms with Gasteiger partial charge in [0.25, 0.3) is 0 Å². The Morgan fingerprint density at radius 2 is 2.12 bits per heavy atom. The number of benzene rings is 1. The molecule has 0 aliphatic carbocycles. The molecule has 1 unspecified atom stereocenters. The molecule has 1 heterocycles. The van der Waals surface area contributed by atoms with Crippen molar-refractivity contribution in [2.24, 2.45) is 0 Å². The van der Waals surface area contributed by atoms with Crippen molar-refractivity contribution >= 4 is 0 Å². The molecule has 0 bridgehead atoms. The Hall–Kier alpha value is -1.07. The highest BCUT2D eigenvalue weighted by molar-refractivity contribution is 5.32. The van der Waals surface area contributed by atoms with Crippen molar-refractivity contribution < 1.29 is 13.2 Å². The summed E-state index contributed by atoms with van der Waals surface area (Å²) >= 11 is 0. The lowest BCUT2D eigenvalue weighted by atomic mass is 9.87. The second-order valence-electron chi connectivity index (χ2n) is 4.29. The summed E-state index contributed by atoms with van der Waals surface area (Å²) in [5, 5.41) is 6.36. The van der Waals surface area contributed by atoms with Crippen molar-refractivity contribution in [3.05, 3.63) is 35.4 Å². The lowest BCUT2D eigenvalue weighted by molar-refractivity contribution is -0.137. The molecule has 1 saturated heterocycles. The quantitative estimate of drug-likeness (QED) is 0.835. The van der Waals surface area contributed by atoms with E-state index in [9.17, 15) is 13.2 Å². The van der Waals surface area contributed by atoms with Crippen LogP contribution in [0.3, 0.4) is 0 Å². The van der Waals surface area contributed by atoms with E-state index in [1.165, 1.54) is 12.1 Å². The van der Waals surface area contributed by atoms with E-state index in [1.54, 1.807) is 6.07 Å². The molecule has 2 N–H and O–H groups in total. The first-order chi connectivity index (χ1) is 7.98. The average Bonchev–Trinajstić information content (AvgIpc) is 2.78. The summed E-state index contributed by atoms with van der Waals surface area (Å²) in [6.07, 6.45) is -3.53. The summed E-state index contributed by atoms with van der Waals surface area (Å²) in [7, 11) is 0. The predicted octanol–water partition coefficient (Wildman–Crippen LogP) is 2.46. The summed E-state index contributed by atoms with van der Waals surface area (Å²) in [5.74, 6) is 0. The molecule has 1 aromatic carbocycles. The molecule has 1 aliphatic rings. The highest BCUT2D eigenvalue weighted by atomic mass is 19.4. The van der Waals surface area contributed by atoms with Crippen molar-refractivity contribution in [1.82, 2.24) is 10.6 Å². The van der Waals surface area contributed by atoms with E-state index < -0.39 is 11.7 Å². The van der Waals surface area contributed by atoms with Gasteiger partial charge >= 0.3 is 6.18 Å². The van der Waals surface area contributed by atoms with Crippen molar-refractivity contribution in [1.29, 1.82) is 0 Å². The van der Waals surface area contributed by atoms with Gasteiger partial charge in [-0.3, -0.25) is 5.32 Å². The van der Waals surface area contributed by atoms with Crippen LogP contribution < -0.4 is 10.6 Å². The van der Waals surface area contributed by atoms with Crippen LogP contribution in [0.1, 0.15) is 24.5 Å². The number of hydrogen-bond donors (Lipinski definition) is 2. The van der Waals surface area contributed by atoms with Gasteiger partial charge in [0.2, 0.25) is 0 Å². The van der Waals surface area contributed by atoms with Crippen LogP contribution in [0.4, 0.5) is 13.2 Å². The van der Waals surface area contributed by atoms with Gasteiger partial charge in [0, 0.05) is 13.2 Å². The van der Waals surface area contributed by atoms with Crippen LogP contribution in [0.2, 0.25) is 0 Å². The highest BCUT2D eigenvalue weighted by Gasteiger charge is 2.36. The maximum absolute atomic E-state index is 12.6. The largest absolute Gasteiger partial charge is 0.416 e. The number of hydrogen-bond acceptors (Lipinski definition) is 2. The zero-order valence-electron chi connectivity index (χ0n) is 9.56. The lowest BCUT2D eigenvalue weighted by Crippen LogP contribution is -2.38. The first-order valence-electron chi connectivity index (χ1n) is 5.61. The van der Waals surface area contributed by atoms with Gasteiger partial charge in [-0.15, -0.1) is 0 Å². The van der Waals surface area contributed by atoms with Gasteiger partial charge in [-0.1, -0.05) is 19.1 Å². The minimum Gasteiger partial charge on any atom is -0.302 e. The van der Waals surface area contributed by atoms with Crippen molar-refractivity contribution in [2.45, 2.75) is 25.1 Å². The Morgan fingerprint density at radius 1 is 1.35 bits per heavy atom. The zero-order chi connectivity index (χ0) is 12.5. The minimum absolute atomic E-state index is 0.374. The van der Waals surface area contributed by atoms with Crippen LogP contribution in [0.15, 0.2) is 24.3 Å². The Labute approximate surface area is 98.2 Å². The standard InChI is InChI=1S/C12H15F3N2/c1-2-11(7-16-8-17-11)9-4-3-5-10(6-9)12(13,14)15/h3-6,16-17H,2,7-8H2,1H3.